The third-order valence-corrected chi connectivity index (χ3v) is 5.17. The molecule has 1 aliphatic heterocycles. The van der Waals surface area contributed by atoms with Crippen molar-refractivity contribution in [1.82, 2.24) is 5.32 Å². The first-order chi connectivity index (χ1) is 15.8. The fraction of sp³-hybridized carbons (Fsp3) is 0. The van der Waals surface area contributed by atoms with Gasteiger partial charge in [0.2, 0.25) is 0 Å². The van der Waals surface area contributed by atoms with Crippen LogP contribution in [0.4, 0.5) is 14.9 Å². The number of nitrogens with one attached hydrogen (secondary N) is 1. The van der Waals surface area contributed by atoms with Crippen LogP contribution in [0.3, 0.4) is 0 Å². The summed E-state index contributed by atoms with van der Waals surface area (Å²) in [7, 11) is 0. The lowest BCUT2D eigenvalue weighted by atomic mass is 10.1. The molecule has 1 saturated heterocycles. The number of imide groups is 2. The Morgan fingerprint density at radius 3 is 2.39 bits per heavy atom. The fourth-order valence-corrected chi connectivity index (χ4v) is 3.50. The quantitative estimate of drug-likeness (QED) is 0.243. The van der Waals surface area contributed by atoms with Crippen LogP contribution in [0.2, 0.25) is 0 Å². The molecule has 1 N–H and O–H groups in total. The van der Waals surface area contributed by atoms with Crippen molar-refractivity contribution in [2.75, 3.05) is 4.90 Å². The maximum Gasteiger partial charge on any atom is 0.343 e. The Kier molecular flexibility index (Phi) is 6.14. The number of ether oxygens (including phenoxy) is 1. The predicted octanol–water partition coefficient (Wildman–Crippen LogP) is 4.47. The van der Waals surface area contributed by atoms with Crippen LogP contribution in [-0.4, -0.2) is 23.8 Å². The summed E-state index contributed by atoms with van der Waals surface area (Å²) in [6, 6.07) is 17.0. The number of halogens is 2. The lowest BCUT2D eigenvalue weighted by Gasteiger charge is -2.26. The highest BCUT2D eigenvalue weighted by molar-refractivity contribution is 9.10. The lowest BCUT2D eigenvalue weighted by molar-refractivity contribution is -0.122. The number of anilines is 1. The molecule has 0 spiro atoms. The Morgan fingerprint density at radius 2 is 1.67 bits per heavy atom. The molecular formula is C24H14BrFN2O5. The largest absolute Gasteiger partial charge is 0.422 e. The van der Waals surface area contributed by atoms with Crippen LogP contribution in [0.5, 0.6) is 5.75 Å². The van der Waals surface area contributed by atoms with E-state index in [1.807, 2.05) is 5.32 Å². The molecule has 33 heavy (non-hydrogen) atoms. The first kappa shape index (κ1) is 22.1. The van der Waals surface area contributed by atoms with Crippen LogP contribution in [0, 0.1) is 5.82 Å². The molecule has 0 radical (unpaired) electrons. The van der Waals surface area contributed by atoms with E-state index in [1.165, 1.54) is 36.4 Å². The predicted molar refractivity (Wildman–Crippen MR) is 121 cm³/mol. The standard InChI is InChI=1S/C24H14BrFN2O5/c25-16-10-11-20(33-23(31)14-6-2-1-3-7-14)15(12-16)13-17-21(29)27-24(32)28(22(17)30)19-9-5-4-8-18(19)26/h1-13H,(H,27,29,32)/b17-13-. The Bertz CT molecular complexity index is 1320. The molecular weight excluding hydrogens is 495 g/mol. The number of hydrogen-bond acceptors (Lipinski definition) is 5. The first-order valence-corrected chi connectivity index (χ1v) is 10.4. The van der Waals surface area contributed by atoms with Crippen molar-refractivity contribution in [3.05, 3.63) is 99.8 Å². The number of carbonyl (C=O) groups is 4. The number of benzene rings is 3. The van der Waals surface area contributed by atoms with Crippen molar-refractivity contribution in [2.24, 2.45) is 0 Å². The second-order valence-corrected chi connectivity index (χ2v) is 7.76. The molecule has 1 aliphatic rings. The highest BCUT2D eigenvalue weighted by Gasteiger charge is 2.38. The van der Waals surface area contributed by atoms with Crippen LogP contribution >= 0.6 is 15.9 Å². The van der Waals surface area contributed by atoms with Crippen molar-refractivity contribution in [3.8, 4) is 5.75 Å². The van der Waals surface area contributed by atoms with Gasteiger partial charge in [-0.05, 0) is 48.5 Å². The summed E-state index contributed by atoms with van der Waals surface area (Å²) in [5, 5.41) is 2.03. The molecule has 164 valence electrons. The fourth-order valence-electron chi connectivity index (χ4n) is 3.12. The molecule has 0 bridgehead atoms. The van der Waals surface area contributed by atoms with Gasteiger partial charge in [0, 0.05) is 10.0 Å². The molecule has 4 amide bonds. The van der Waals surface area contributed by atoms with Gasteiger partial charge in [-0.2, -0.15) is 0 Å². The second-order valence-electron chi connectivity index (χ2n) is 6.85. The van der Waals surface area contributed by atoms with Gasteiger partial charge in [-0.3, -0.25) is 14.9 Å². The van der Waals surface area contributed by atoms with Gasteiger partial charge in [0.15, 0.2) is 0 Å². The van der Waals surface area contributed by atoms with Crippen molar-refractivity contribution < 1.29 is 28.3 Å². The molecule has 0 aromatic heterocycles. The molecule has 0 atom stereocenters. The molecule has 3 aromatic rings. The number of barbiturate groups is 1. The zero-order valence-corrected chi connectivity index (χ0v) is 18.3. The average molecular weight is 509 g/mol. The van der Waals surface area contributed by atoms with Crippen LogP contribution < -0.4 is 15.0 Å². The number of para-hydroxylation sites is 1. The van der Waals surface area contributed by atoms with Gasteiger partial charge in [0.25, 0.3) is 11.8 Å². The van der Waals surface area contributed by atoms with Crippen molar-refractivity contribution >= 4 is 51.5 Å². The smallest absolute Gasteiger partial charge is 0.343 e. The summed E-state index contributed by atoms with van der Waals surface area (Å²) >= 11 is 3.30. The van der Waals surface area contributed by atoms with Gasteiger partial charge in [0.05, 0.1) is 11.3 Å². The molecule has 1 fully saturated rings. The van der Waals surface area contributed by atoms with Gasteiger partial charge >= 0.3 is 12.0 Å². The monoisotopic (exact) mass is 508 g/mol. The highest BCUT2D eigenvalue weighted by atomic mass is 79.9. The van der Waals surface area contributed by atoms with Crippen LogP contribution in [0.25, 0.3) is 6.08 Å². The third-order valence-electron chi connectivity index (χ3n) is 4.68. The number of carbonyl (C=O) groups excluding carboxylic acids is 4. The minimum atomic E-state index is -1.07. The number of amides is 4. The summed E-state index contributed by atoms with van der Waals surface area (Å²) in [5.41, 5.74) is -0.215. The molecule has 0 aliphatic carbocycles. The number of hydrogen-bond donors (Lipinski definition) is 1. The molecule has 0 saturated carbocycles. The van der Waals surface area contributed by atoms with Gasteiger partial charge in [-0.15, -0.1) is 0 Å². The molecule has 1 heterocycles. The summed E-state index contributed by atoms with van der Waals surface area (Å²) in [4.78, 5) is 50.8. The Hall–Kier alpha value is -4.11. The van der Waals surface area contributed by atoms with E-state index in [0.717, 1.165) is 6.07 Å². The summed E-state index contributed by atoms with van der Waals surface area (Å²) < 4.78 is 20.3. The Labute approximate surface area is 195 Å². The maximum absolute atomic E-state index is 14.3. The summed E-state index contributed by atoms with van der Waals surface area (Å²) in [6.45, 7) is 0. The van der Waals surface area contributed by atoms with Gasteiger partial charge in [-0.25, -0.2) is 18.9 Å². The van der Waals surface area contributed by atoms with E-state index in [-0.39, 0.29) is 17.0 Å². The number of rotatable bonds is 4. The number of nitrogens with zero attached hydrogens (tertiary/aromatic N) is 1. The van der Waals surface area contributed by atoms with E-state index in [0.29, 0.717) is 14.9 Å². The zero-order valence-electron chi connectivity index (χ0n) is 16.7. The van der Waals surface area contributed by atoms with E-state index in [4.69, 9.17) is 4.74 Å². The van der Waals surface area contributed by atoms with Crippen LogP contribution in [-0.2, 0) is 9.59 Å². The molecule has 3 aromatic carbocycles. The van der Waals surface area contributed by atoms with Gasteiger partial charge in [-0.1, -0.05) is 46.3 Å². The second kappa shape index (κ2) is 9.17. The van der Waals surface area contributed by atoms with E-state index in [1.54, 1.807) is 36.4 Å². The minimum absolute atomic E-state index is 0.0782. The Morgan fingerprint density at radius 1 is 0.970 bits per heavy atom. The number of esters is 1. The van der Waals surface area contributed by atoms with E-state index >= 15 is 0 Å². The number of urea groups is 1. The molecule has 4 rings (SSSR count). The maximum atomic E-state index is 14.3. The third kappa shape index (κ3) is 4.58. The average Bonchev–Trinajstić information content (AvgIpc) is 2.80. The van der Waals surface area contributed by atoms with Crippen molar-refractivity contribution in [1.29, 1.82) is 0 Å². The normalized spacial score (nSPS) is 14.9. The van der Waals surface area contributed by atoms with E-state index in [9.17, 15) is 23.6 Å². The van der Waals surface area contributed by atoms with E-state index < -0.39 is 35.2 Å². The molecule has 0 unspecified atom stereocenters. The van der Waals surface area contributed by atoms with Crippen LogP contribution in [0.15, 0.2) is 82.8 Å². The SMILES string of the molecule is O=C1NC(=O)N(c2ccccc2F)C(=O)/C1=C\c1cc(Br)ccc1OC(=O)c1ccccc1. The highest BCUT2D eigenvalue weighted by Crippen LogP contribution is 2.29. The first-order valence-electron chi connectivity index (χ1n) is 9.58. The lowest BCUT2D eigenvalue weighted by Crippen LogP contribution is -2.54. The van der Waals surface area contributed by atoms with Crippen molar-refractivity contribution in [3.63, 3.8) is 0 Å². The van der Waals surface area contributed by atoms with Gasteiger partial charge in [0.1, 0.15) is 17.1 Å². The van der Waals surface area contributed by atoms with Gasteiger partial charge < -0.3 is 4.74 Å². The van der Waals surface area contributed by atoms with Crippen LogP contribution in [0.1, 0.15) is 15.9 Å². The van der Waals surface area contributed by atoms with E-state index in [2.05, 4.69) is 15.9 Å². The summed E-state index contributed by atoms with van der Waals surface area (Å²) in [5.74, 6) is -3.35. The zero-order chi connectivity index (χ0) is 23.5. The molecule has 9 heteroatoms. The topological polar surface area (TPSA) is 92.8 Å². The van der Waals surface area contributed by atoms with Crippen molar-refractivity contribution in [2.45, 2.75) is 0 Å². The Balaban J connectivity index is 1.73. The molecule has 7 nitrogen and oxygen atoms in total. The minimum Gasteiger partial charge on any atom is -0.422 e. The summed E-state index contributed by atoms with van der Waals surface area (Å²) in [6.07, 6.45) is 1.18.